The van der Waals surface area contributed by atoms with Gasteiger partial charge >= 0.3 is 13.8 Å². The Balaban J connectivity index is 4.03. The molecule has 0 radical (unpaired) electrons. The van der Waals surface area contributed by atoms with Gasteiger partial charge in [-0.1, -0.05) is 0 Å². The fourth-order valence-electron chi connectivity index (χ4n) is 0.792. The molecule has 0 aromatic rings. The van der Waals surface area contributed by atoms with Gasteiger partial charge in [-0.3, -0.25) is 9.32 Å². The minimum atomic E-state index is -4.59. The number of carboxylic acid groups (broad SMARTS) is 1. The average Bonchev–Trinajstić information content (AvgIpc) is 1.99. The van der Waals surface area contributed by atoms with Crippen LogP contribution in [0.3, 0.4) is 0 Å². The standard InChI is InChI=1S/C6H12NO7P/c1-4(8)7-5(6(9)10)2-3-14-15(11,12)13/h5H,2-3H2,1H3,(H,7,8)(H,9,10)(H2,11,12,13)/t5-/m0/s1. The fraction of sp³-hybridized carbons (Fsp3) is 0.667. The lowest BCUT2D eigenvalue weighted by Crippen LogP contribution is -2.40. The largest absolute Gasteiger partial charge is 0.480 e. The predicted octanol–water partition coefficient (Wildman–Crippen LogP) is -0.925. The molecule has 1 amide bonds. The Morgan fingerprint density at radius 2 is 2.00 bits per heavy atom. The Morgan fingerprint density at radius 3 is 2.33 bits per heavy atom. The predicted molar refractivity (Wildman–Crippen MR) is 47.9 cm³/mol. The van der Waals surface area contributed by atoms with Crippen LogP contribution < -0.4 is 5.32 Å². The van der Waals surface area contributed by atoms with Crippen molar-refractivity contribution in [2.45, 2.75) is 19.4 Å². The Hall–Kier alpha value is -0.950. The van der Waals surface area contributed by atoms with Gasteiger partial charge in [0.1, 0.15) is 6.04 Å². The van der Waals surface area contributed by atoms with Crippen molar-refractivity contribution in [3.8, 4) is 0 Å². The third-order valence-corrected chi connectivity index (χ3v) is 1.86. The number of hydrogen-bond donors (Lipinski definition) is 4. The van der Waals surface area contributed by atoms with Crippen molar-refractivity contribution in [3.05, 3.63) is 0 Å². The second-order valence-corrected chi connectivity index (χ2v) is 3.94. The maximum Gasteiger partial charge on any atom is 0.469 e. The minimum Gasteiger partial charge on any atom is -0.480 e. The lowest BCUT2D eigenvalue weighted by molar-refractivity contribution is -0.142. The van der Waals surface area contributed by atoms with Crippen LogP contribution >= 0.6 is 7.82 Å². The smallest absolute Gasteiger partial charge is 0.469 e. The van der Waals surface area contributed by atoms with E-state index in [2.05, 4.69) is 9.84 Å². The van der Waals surface area contributed by atoms with Crippen LogP contribution in [-0.2, 0) is 18.7 Å². The zero-order chi connectivity index (χ0) is 12.1. The third kappa shape index (κ3) is 8.07. The summed E-state index contributed by atoms with van der Waals surface area (Å²) in [5.41, 5.74) is 0. The van der Waals surface area contributed by atoms with Crippen LogP contribution in [0.5, 0.6) is 0 Å². The fourth-order valence-corrected chi connectivity index (χ4v) is 1.14. The van der Waals surface area contributed by atoms with Gasteiger partial charge in [0.2, 0.25) is 5.91 Å². The first-order valence-electron chi connectivity index (χ1n) is 3.92. The second kappa shape index (κ2) is 5.82. The molecule has 1 atom stereocenters. The first-order valence-corrected chi connectivity index (χ1v) is 5.45. The van der Waals surface area contributed by atoms with Crippen LogP contribution in [-0.4, -0.2) is 39.4 Å². The second-order valence-electron chi connectivity index (χ2n) is 2.70. The summed E-state index contributed by atoms with van der Waals surface area (Å²) < 4.78 is 14.3. The van der Waals surface area contributed by atoms with Gasteiger partial charge in [0.05, 0.1) is 6.61 Å². The van der Waals surface area contributed by atoms with Crippen LogP contribution in [0.2, 0.25) is 0 Å². The molecule has 88 valence electrons. The van der Waals surface area contributed by atoms with Crippen molar-refractivity contribution in [2.75, 3.05) is 6.61 Å². The van der Waals surface area contributed by atoms with Gasteiger partial charge in [-0.15, -0.1) is 0 Å². The third-order valence-electron chi connectivity index (χ3n) is 1.34. The Bertz CT molecular complexity index is 285. The molecule has 0 heterocycles. The van der Waals surface area contributed by atoms with Gasteiger partial charge in [0.15, 0.2) is 0 Å². The summed E-state index contributed by atoms with van der Waals surface area (Å²) in [7, 11) is -4.59. The van der Waals surface area contributed by atoms with Crippen molar-refractivity contribution in [1.82, 2.24) is 5.32 Å². The number of amides is 1. The molecule has 0 bridgehead atoms. The van der Waals surface area contributed by atoms with E-state index in [1.807, 2.05) is 0 Å². The molecule has 8 nitrogen and oxygen atoms in total. The molecule has 0 aromatic heterocycles. The molecular formula is C6H12NO7P. The SMILES string of the molecule is CC(=O)N[C@@H](CCOP(=O)(O)O)C(=O)O. The van der Waals surface area contributed by atoms with Crippen LogP contribution in [0, 0.1) is 0 Å². The van der Waals surface area contributed by atoms with Crippen LogP contribution in [0.4, 0.5) is 0 Å². The molecule has 0 saturated carbocycles. The van der Waals surface area contributed by atoms with Gasteiger partial charge in [-0.05, 0) is 0 Å². The molecule has 9 heteroatoms. The Labute approximate surface area is 85.5 Å². The summed E-state index contributed by atoms with van der Waals surface area (Å²) in [5, 5.41) is 10.7. The number of carbonyl (C=O) groups excluding carboxylic acids is 1. The Morgan fingerprint density at radius 1 is 1.47 bits per heavy atom. The maximum absolute atomic E-state index is 10.5. The van der Waals surface area contributed by atoms with E-state index in [1.54, 1.807) is 0 Å². The number of carbonyl (C=O) groups is 2. The summed E-state index contributed by atoms with van der Waals surface area (Å²) in [4.78, 5) is 37.7. The van der Waals surface area contributed by atoms with Crippen molar-refractivity contribution < 1.29 is 33.6 Å². The van der Waals surface area contributed by atoms with E-state index in [4.69, 9.17) is 14.9 Å². The summed E-state index contributed by atoms with van der Waals surface area (Å²) in [6.07, 6.45) is -0.222. The normalized spacial score (nSPS) is 13.3. The molecule has 0 saturated heterocycles. The van der Waals surface area contributed by atoms with E-state index in [-0.39, 0.29) is 6.42 Å². The maximum atomic E-state index is 10.5. The van der Waals surface area contributed by atoms with Crippen LogP contribution in [0.1, 0.15) is 13.3 Å². The number of hydrogen-bond acceptors (Lipinski definition) is 4. The molecule has 4 N–H and O–H groups in total. The van der Waals surface area contributed by atoms with Crippen LogP contribution in [0.15, 0.2) is 0 Å². The van der Waals surface area contributed by atoms with Gasteiger partial charge < -0.3 is 20.2 Å². The molecule has 0 spiro atoms. The highest BCUT2D eigenvalue weighted by Gasteiger charge is 2.20. The first-order chi connectivity index (χ1) is 6.72. The van der Waals surface area contributed by atoms with Crippen molar-refractivity contribution in [2.24, 2.45) is 0 Å². The number of rotatable bonds is 6. The monoisotopic (exact) mass is 241 g/mol. The molecule has 0 aromatic carbocycles. The van der Waals surface area contributed by atoms with Crippen molar-refractivity contribution in [1.29, 1.82) is 0 Å². The summed E-state index contributed by atoms with van der Waals surface area (Å²) >= 11 is 0. The van der Waals surface area contributed by atoms with Crippen molar-refractivity contribution in [3.63, 3.8) is 0 Å². The van der Waals surface area contributed by atoms with E-state index in [0.29, 0.717) is 0 Å². The van der Waals surface area contributed by atoms with Crippen LogP contribution in [0.25, 0.3) is 0 Å². The molecule has 15 heavy (non-hydrogen) atoms. The van der Waals surface area contributed by atoms with Crippen molar-refractivity contribution >= 4 is 19.7 Å². The lowest BCUT2D eigenvalue weighted by Gasteiger charge is -2.13. The summed E-state index contributed by atoms with van der Waals surface area (Å²) in [6, 6.07) is -1.21. The zero-order valence-corrected chi connectivity index (χ0v) is 8.81. The topological polar surface area (TPSA) is 133 Å². The quantitative estimate of drug-likeness (QED) is 0.441. The van der Waals surface area contributed by atoms with Gasteiger partial charge in [-0.2, -0.15) is 0 Å². The van der Waals surface area contributed by atoms with Gasteiger partial charge in [-0.25, -0.2) is 9.36 Å². The molecule has 0 rings (SSSR count). The number of nitrogens with one attached hydrogen (secondary N) is 1. The molecule has 0 fully saturated rings. The highest BCUT2D eigenvalue weighted by molar-refractivity contribution is 7.46. The molecule has 0 aliphatic carbocycles. The number of phosphoric ester groups is 1. The highest BCUT2D eigenvalue weighted by atomic mass is 31.2. The van der Waals surface area contributed by atoms with Gasteiger partial charge in [0, 0.05) is 13.3 Å². The minimum absolute atomic E-state index is 0.222. The van der Waals surface area contributed by atoms with E-state index in [0.717, 1.165) is 6.92 Å². The molecular weight excluding hydrogens is 229 g/mol. The highest BCUT2D eigenvalue weighted by Crippen LogP contribution is 2.35. The average molecular weight is 241 g/mol. The summed E-state index contributed by atoms with van der Waals surface area (Å²) in [6.45, 7) is 0.682. The molecule has 0 aliphatic rings. The van der Waals surface area contributed by atoms with E-state index >= 15 is 0 Å². The lowest BCUT2D eigenvalue weighted by atomic mass is 10.2. The number of phosphoric acid groups is 1. The number of aliphatic carboxylic acids is 1. The first kappa shape index (κ1) is 14.1. The molecule has 0 aliphatic heterocycles. The molecule has 0 unspecified atom stereocenters. The Kier molecular flexibility index (Phi) is 5.45. The zero-order valence-electron chi connectivity index (χ0n) is 7.91. The van der Waals surface area contributed by atoms with E-state index in [1.165, 1.54) is 0 Å². The van der Waals surface area contributed by atoms with E-state index < -0.39 is 32.3 Å². The van der Waals surface area contributed by atoms with Gasteiger partial charge in [0.25, 0.3) is 0 Å². The van der Waals surface area contributed by atoms with E-state index in [9.17, 15) is 14.2 Å². The summed E-state index contributed by atoms with van der Waals surface area (Å²) in [5.74, 6) is -1.84. The number of carboxylic acids is 1.